The molecule has 0 bridgehead atoms. The summed E-state index contributed by atoms with van der Waals surface area (Å²) in [7, 11) is -3.66. The van der Waals surface area contributed by atoms with Crippen molar-refractivity contribution in [1.29, 1.82) is 0 Å². The molecule has 3 N–H and O–H groups in total. The smallest absolute Gasteiger partial charge is 0.272 e. The van der Waals surface area contributed by atoms with Crippen LogP contribution in [0.2, 0.25) is 0 Å². The van der Waals surface area contributed by atoms with Crippen molar-refractivity contribution < 1.29 is 22.8 Å². The molecular formula is C26H37N5O5S2. The number of unbranched alkanes of at least 4 members (excludes halogenated alkanes) is 1. The predicted molar refractivity (Wildman–Crippen MR) is 149 cm³/mol. The van der Waals surface area contributed by atoms with Gasteiger partial charge in [0.2, 0.25) is 15.9 Å². The van der Waals surface area contributed by atoms with Gasteiger partial charge in [0.1, 0.15) is 5.00 Å². The number of thiophene rings is 1. The first-order valence-corrected chi connectivity index (χ1v) is 15.1. The van der Waals surface area contributed by atoms with Gasteiger partial charge in [0.25, 0.3) is 11.8 Å². The molecule has 2 aromatic rings. The van der Waals surface area contributed by atoms with Gasteiger partial charge >= 0.3 is 0 Å². The van der Waals surface area contributed by atoms with Gasteiger partial charge in [0.15, 0.2) is 0 Å². The second-order valence-corrected chi connectivity index (χ2v) is 12.5. The second kappa shape index (κ2) is 12.8. The number of carbonyl (C=O) groups excluding carboxylic acids is 3. The second-order valence-electron chi connectivity index (χ2n) is 9.49. The van der Waals surface area contributed by atoms with Crippen molar-refractivity contribution in [2.24, 2.45) is 0 Å². The lowest BCUT2D eigenvalue weighted by Crippen LogP contribution is -2.41. The van der Waals surface area contributed by atoms with E-state index in [2.05, 4.69) is 34.9 Å². The number of nitrogens with zero attached hydrogens (tertiary/aromatic N) is 2. The van der Waals surface area contributed by atoms with E-state index in [4.69, 9.17) is 0 Å². The van der Waals surface area contributed by atoms with Crippen molar-refractivity contribution in [1.82, 2.24) is 20.1 Å². The van der Waals surface area contributed by atoms with Gasteiger partial charge in [-0.05, 0) is 56.5 Å². The van der Waals surface area contributed by atoms with Crippen LogP contribution in [-0.4, -0.2) is 61.0 Å². The van der Waals surface area contributed by atoms with Crippen LogP contribution in [0.25, 0.3) is 0 Å². The Morgan fingerprint density at radius 1 is 1.08 bits per heavy atom. The summed E-state index contributed by atoms with van der Waals surface area (Å²) in [5, 5.41) is 3.23. The van der Waals surface area contributed by atoms with Gasteiger partial charge in [-0.15, -0.1) is 11.3 Å². The summed E-state index contributed by atoms with van der Waals surface area (Å²) in [6.45, 7) is 11.6. The first-order valence-electron chi connectivity index (χ1n) is 12.9. The number of anilines is 1. The van der Waals surface area contributed by atoms with Crippen molar-refractivity contribution in [3.8, 4) is 0 Å². The van der Waals surface area contributed by atoms with Crippen LogP contribution in [0.5, 0.6) is 0 Å². The fourth-order valence-electron chi connectivity index (χ4n) is 4.28. The monoisotopic (exact) mass is 563 g/mol. The van der Waals surface area contributed by atoms with Crippen molar-refractivity contribution in [3.63, 3.8) is 0 Å². The summed E-state index contributed by atoms with van der Waals surface area (Å²) in [5.41, 5.74) is 6.18. The molecule has 3 amide bonds. The molecule has 0 aliphatic carbocycles. The summed E-state index contributed by atoms with van der Waals surface area (Å²) >= 11 is 1.34. The quantitative estimate of drug-likeness (QED) is 0.381. The van der Waals surface area contributed by atoms with Crippen molar-refractivity contribution >= 4 is 44.1 Å². The molecule has 208 valence electrons. The van der Waals surface area contributed by atoms with E-state index in [0.717, 1.165) is 29.8 Å². The molecule has 0 radical (unpaired) electrons. The van der Waals surface area contributed by atoms with Gasteiger partial charge < -0.3 is 5.32 Å². The average molecular weight is 564 g/mol. The Hall–Kier alpha value is -2.80. The minimum absolute atomic E-state index is 0.128. The first-order chi connectivity index (χ1) is 18.0. The lowest BCUT2D eigenvalue weighted by molar-refractivity contribution is -0.119. The molecule has 0 saturated carbocycles. The van der Waals surface area contributed by atoms with E-state index in [1.807, 2.05) is 6.92 Å². The predicted octanol–water partition coefficient (Wildman–Crippen LogP) is 3.36. The fourth-order valence-corrected chi connectivity index (χ4v) is 7.04. The van der Waals surface area contributed by atoms with Gasteiger partial charge in [-0.1, -0.05) is 20.3 Å². The van der Waals surface area contributed by atoms with Crippen LogP contribution in [0, 0.1) is 0 Å². The fraction of sp³-hybridized carbons (Fsp3) is 0.500. The lowest BCUT2D eigenvalue weighted by Gasteiger charge is -2.30. The highest BCUT2D eigenvalue weighted by Crippen LogP contribution is 2.38. The van der Waals surface area contributed by atoms with Crippen LogP contribution in [0.4, 0.5) is 5.00 Å². The van der Waals surface area contributed by atoms with Crippen LogP contribution in [0.1, 0.15) is 78.6 Å². The third kappa shape index (κ3) is 6.79. The Balaban J connectivity index is 1.86. The Morgan fingerprint density at radius 3 is 2.34 bits per heavy atom. The van der Waals surface area contributed by atoms with E-state index in [1.165, 1.54) is 46.8 Å². The molecule has 1 aromatic carbocycles. The number of benzene rings is 1. The van der Waals surface area contributed by atoms with Crippen LogP contribution < -0.4 is 16.2 Å². The van der Waals surface area contributed by atoms with Crippen LogP contribution in [0.3, 0.4) is 0 Å². The van der Waals surface area contributed by atoms with Crippen LogP contribution >= 0.6 is 11.3 Å². The summed E-state index contributed by atoms with van der Waals surface area (Å²) in [4.78, 5) is 40.9. The number of hydrogen-bond acceptors (Lipinski definition) is 7. The largest absolute Gasteiger partial charge is 0.313 e. The molecule has 3 rings (SSSR count). The number of nitrogens with one attached hydrogen (secondary N) is 3. The number of sulfonamides is 1. The third-order valence-corrected chi connectivity index (χ3v) is 9.61. The Kier molecular flexibility index (Phi) is 10.0. The molecule has 10 nitrogen and oxygen atoms in total. The number of hydrogen-bond donors (Lipinski definition) is 3. The average Bonchev–Trinajstić information content (AvgIpc) is 3.24. The Labute approximate surface area is 228 Å². The minimum Gasteiger partial charge on any atom is -0.313 e. The van der Waals surface area contributed by atoms with E-state index >= 15 is 0 Å². The summed E-state index contributed by atoms with van der Waals surface area (Å²) in [5.74, 6) is -1.37. The zero-order valence-electron chi connectivity index (χ0n) is 22.6. The minimum atomic E-state index is -3.66. The van der Waals surface area contributed by atoms with E-state index < -0.39 is 27.7 Å². The Morgan fingerprint density at radius 2 is 1.76 bits per heavy atom. The van der Waals surface area contributed by atoms with E-state index in [0.29, 0.717) is 42.7 Å². The van der Waals surface area contributed by atoms with Crippen LogP contribution in [-0.2, 0) is 27.8 Å². The number of hydrazine groups is 1. The van der Waals surface area contributed by atoms with E-state index in [1.54, 1.807) is 6.92 Å². The molecule has 1 aliphatic heterocycles. The maximum absolute atomic E-state index is 13.2. The van der Waals surface area contributed by atoms with Gasteiger partial charge in [-0.25, -0.2) is 8.42 Å². The molecule has 1 aromatic heterocycles. The highest BCUT2D eigenvalue weighted by Gasteiger charge is 2.30. The molecule has 0 spiro atoms. The molecule has 1 aliphatic rings. The van der Waals surface area contributed by atoms with E-state index in [9.17, 15) is 22.8 Å². The van der Waals surface area contributed by atoms with Gasteiger partial charge in [0.05, 0.1) is 10.5 Å². The highest BCUT2D eigenvalue weighted by atomic mass is 32.2. The third-order valence-electron chi connectivity index (χ3n) is 6.49. The van der Waals surface area contributed by atoms with Crippen molar-refractivity contribution in [2.45, 2.75) is 71.4 Å². The molecule has 0 saturated heterocycles. The zero-order chi connectivity index (χ0) is 28.0. The molecule has 38 heavy (non-hydrogen) atoms. The molecule has 0 atom stereocenters. The molecule has 0 fully saturated rings. The Bertz CT molecular complexity index is 1270. The molecule has 12 heteroatoms. The maximum atomic E-state index is 13.2. The zero-order valence-corrected chi connectivity index (χ0v) is 24.2. The summed E-state index contributed by atoms with van der Waals surface area (Å²) in [6, 6.07) is 6.15. The molecule has 0 unspecified atom stereocenters. The summed E-state index contributed by atoms with van der Waals surface area (Å²) in [6.07, 6.45) is 2.30. The van der Waals surface area contributed by atoms with Crippen LogP contribution in [0.15, 0.2) is 29.2 Å². The topological polar surface area (TPSA) is 128 Å². The number of carbonyl (C=O) groups is 3. The number of fused-ring (bicyclic) bond motifs is 1. The number of rotatable bonds is 10. The van der Waals surface area contributed by atoms with E-state index in [-0.39, 0.29) is 10.5 Å². The van der Waals surface area contributed by atoms with Crippen molar-refractivity contribution in [3.05, 3.63) is 45.8 Å². The SMILES string of the molecule is CCCCN(CC)S(=O)(=O)c1ccc(C(=O)Nc2sc3c(c2C(=O)NNC(C)=O)CCN(C(C)C)C3)cc1. The van der Waals surface area contributed by atoms with Gasteiger partial charge in [0, 0.05) is 49.6 Å². The standard InChI is InChI=1S/C26H37N5O5S2/c1-6-8-14-31(7-2)38(35,36)20-11-9-19(10-12-20)24(33)27-26-23(25(34)29-28-18(5)32)21-13-15-30(17(3)4)16-22(21)37-26/h9-12,17H,6-8,13-16H2,1-5H3,(H,27,33)(H,28,32)(H,29,34). The van der Waals surface area contributed by atoms with Crippen molar-refractivity contribution in [2.75, 3.05) is 25.0 Å². The lowest BCUT2D eigenvalue weighted by atomic mass is 10.0. The number of amides is 3. The molecule has 2 heterocycles. The normalized spacial score (nSPS) is 13.9. The molecular weight excluding hydrogens is 526 g/mol. The highest BCUT2D eigenvalue weighted by molar-refractivity contribution is 7.89. The maximum Gasteiger partial charge on any atom is 0.272 e. The first kappa shape index (κ1) is 29.8. The van der Waals surface area contributed by atoms with Gasteiger partial charge in [-0.2, -0.15) is 4.31 Å². The summed E-state index contributed by atoms with van der Waals surface area (Å²) < 4.78 is 27.4. The van der Waals surface area contributed by atoms with Gasteiger partial charge in [-0.3, -0.25) is 30.1 Å².